The molecule has 1 fully saturated rings. The van der Waals surface area contributed by atoms with Crippen LogP contribution in [0.4, 0.5) is 0 Å². The van der Waals surface area contributed by atoms with E-state index in [0.717, 1.165) is 19.7 Å². The Bertz CT molecular complexity index is 225. The summed E-state index contributed by atoms with van der Waals surface area (Å²) in [5, 5.41) is 3.68. The molecule has 18 heavy (non-hydrogen) atoms. The van der Waals surface area contributed by atoms with E-state index < -0.39 is 0 Å². The number of nitrogens with zero attached hydrogens (tertiary/aromatic N) is 1. The van der Waals surface area contributed by atoms with Crippen LogP contribution in [-0.2, 0) is 4.74 Å². The summed E-state index contributed by atoms with van der Waals surface area (Å²) in [6.45, 7) is 15.2. The summed E-state index contributed by atoms with van der Waals surface area (Å²) in [4.78, 5) is 2.61. The van der Waals surface area contributed by atoms with Crippen LogP contribution in [0.25, 0.3) is 0 Å². The number of ether oxygens (including phenoxy) is 1. The Morgan fingerprint density at radius 1 is 1.28 bits per heavy atom. The lowest BCUT2D eigenvalue weighted by Crippen LogP contribution is -2.57. The summed E-state index contributed by atoms with van der Waals surface area (Å²) in [6, 6.07) is 1.36. The van der Waals surface area contributed by atoms with Crippen molar-refractivity contribution < 1.29 is 4.74 Å². The summed E-state index contributed by atoms with van der Waals surface area (Å²) in [5.74, 6) is 0. The number of piperazine rings is 1. The molecule has 2 unspecified atom stereocenters. The maximum atomic E-state index is 5.86. The summed E-state index contributed by atoms with van der Waals surface area (Å²) in [5.41, 5.74) is -0.0153. The topological polar surface area (TPSA) is 24.5 Å². The molecule has 1 aliphatic rings. The molecule has 0 radical (unpaired) electrons. The van der Waals surface area contributed by atoms with Crippen LogP contribution in [-0.4, -0.2) is 48.8 Å². The van der Waals surface area contributed by atoms with Crippen molar-refractivity contribution in [3.8, 4) is 0 Å². The van der Waals surface area contributed by atoms with Crippen LogP contribution in [0.3, 0.4) is 0 Å². The SMILES string of the molecule is CCCC1CN(CCOC(C)(C)C)C(CC)CN1. The normalized spacial score (nSPS) is 26.5. The van der Waals surface area contributed by atoms with Gasteiger partial charge in [-0.25, -0.2) is 0 Å². The van der Waals surface area contributed by atoms with Crippen LogP contribution >= 0.6 is 0 Å². The third-order valence-electron chi connectivity index (χ3n) is 3.64. The van der Waals surface area contributed by atoms with E-state index in [1.165, 1.54) is 25.8 Å². The van der Waals surface area contributed by atoms with E-state index in [1.54, 1.807) is 0 Å². The van der Waals surface area contributed by atoms with Gasteiger partial charge >= 0.3 is 0 Å². The van der Waals surface area contributed by atoms with Gasteiger partial charge in [0.25, 0.3) is 0 Å². The third-order valence-corrected chi connectivity index (χ3v) is 3.64. The average Bonchev–Trinajstić information content (AvgIpc) is 2.28. The lowest BCUT2D eigenvalue weighted by atomic mass is 10.0. The van der Waals surface area contributed by atoms with Crippen LogP contribution in [0.5, 0.6) is 0 Å². The van der Waals surface area contributed by atoms with E-state index in [0.29, 0.717) is 12.1 Å². The fraction of sp³-hybridized carbons (Fsp3) is 1.00. The molecule has 0 amide bonds. The Hall–Kier alpha value is -0.120. The van der Waals surface area contributed by atoms with Crippen molar-refractivity contribution in [1.29, 1.82) is 0 Å². The minimum Gasteiger partial charge on any atom is -0.375 e. The van der Waals surface area contributed by atoms with E-state index >= 15 is 0 Å². The smallest absolute Gasteiger partial charge is 0.0600 e. The van der Waals surface area contributed by atoms with Gasteiger partial charge in [0, 0.05) is 31.7 Å². The zero-order valence-corrected chi connectivity index (χ0v) is 13.0. The second-order valence-corrected chi connectivity index (χ2v) is 6.41. The van der Waals surface area contributed by atoms with Crippen molar-refractivity contribution in [2.75, 3.05) is 26.2 Å². The Morgan fingerprint density at radius 3 is 2.56 bits per heavy atom. The van der Waals surface area contributed by atoms with Crippen molar-refractivity contribution in [2.24, 2.45) is 0 Å². The highest BCUT2D eigenvalue weighted by molar-refractivity contribution is 4.85. The van der Waals surface area contributed by atoms with Crippen molar-refractivity contribution in [3.05, 3.63) is 0 Å². The molecule has 0 bridgehead atoms. The molecular weight excluding hydrogens is 224 g/mol. The summed E-state index contributed by atoms with van der Waals surface area (Å²) in [7, 11) is 0. The molecule has 108 valence electrons. The summed E-state index contributed by atoms with van der Waals surface area (Å²) >= 11 is 0. The van der Waals surface area contributed by atoms with Gasteiger partial charge < -0.3 is 10.1 Å². The molecule has 3 heteroatoms. The Kier molecular flexibility index (Phi) is 6.61. The highest BCUT2D eigenvalue weighted by Crippen LogP contribution is 2.14. The Labute approximate surface area is 113 Å². The molecule has 1 N–H and O–H groups in total. The van der Waals surface area contributed by atoms with Crippen molar-refractivity contribution in [2.45, 2.75) is 71.6 Å². The van der Waals surface area contributed by atoms with Crippen molar-refractivity contribution in [1.82, 2.24) is 10.2 Å². The molecule has 1 rings (SSSR count). The molecule has 1 aliphatic heterocycles. The first-order valence-corrected chi connectivity index (χ1v) is 7.57. The molecule has 0 aliphatic carbocycles. The van der Waals surface area contributed by atoms with E-state index in [9.17, 15) is 0 Å². The van der Waals surface area contributed by atoms with Crippen LogP contribution in [0.1, 0.15) is 53.9 Å². The van der Waals surface area contributed by atoms with Gasteiger partial charge in [-0.15, -0.1) is 0 Å². The fourth-order valence-electron chi connectivity index (χ4n) is 2.62. The highest BCUT2D eigenvalue weighted by atomic mass is 16.5. The van der Waals surface area contributed by atoms with Crippen molar-refractivity contribution in [3.63, 3.8) is 0 Å². The van der Waals surface area contributed by atoms with E-state index in [1.807, 2.05) is 0 Å². The fourth-order valence-corrected chi connectivity index (χ4v) is 2.62. The van der Waals surface area contributed by atoms with Gasteiger partial charge in [-0.05, 0) is 33.6 Å². The zero-order valence-electron chi connectivity index (χ0n) is 13.0. The quantitative estimate of drug-likeness (QED) is 0.791. The molecule has 1 heterocycles. The molecule has 0 aromatic carbocycles. The molecule has 0 aromatic rings. The standard InChI is InChI=1S/C15H32N2O/c1-6-8-13-12-17(14(7-2)11-16-13)9-10-18-15(3,4)5/h13-14,16H,6-12H2,1-5H3. The molecule has 1 saturated heterocycles. The molecule has 0 aromatic heterocycles. The largest absolute Gasteiger partial charge is 0.375 e. The van der Waals surface area contributed by atoms with Gasteiger partial charge in [0.15, 0.2) is 0 Å². The van der Waals surface area contributed by atoms with Gasteiger partial charge in [-0.2, -0.15) is 0 Å². The summed E-state index contributed by atoms with van der Waals surface area (Å²) < 4.78 is 5.86. The Morgan fingerprint density at radius 2 is 2.00 bits per heavy atom. The lowest BCUT2D eigenvalue weighted by molar-refractivity contribution is -0.0226. The van der Waals surface area contributed by atoms with Crippen LogP contribution in [0.15, 0.2) is 0 Å². The number of nitrogens with one attached hydrogen (secondary N) is 1. The first-order chi connectivity index (χ1) is 8.46. The predicted molar refractivity (Wildman–Crippen MR) is 78.1 cm³/mol. The maximum absolute atomic E-state index is 5.86. The second-order valence-electron chi connectivity index (χ2n) is 6.41. The minimum atomic E-state index is -0.0153. The van der Waals surface area contributed by atoms with Crippen LogP contribution in [0.2, 0.25) is 0 Å². The van der Waals surface area contributed by atoms with Gasteiger partial charge in [-0.3, -0.25) is 4.90 Å². The monoisotopic (exact) mass is 256 g/mol. The molecule has 2 atom stereocenters. The first kappa shape index (κ1) is 15.9. The highest BCUT2D eigenvalue weighted by Gasteiger charge is 2.26. The maximum Gasteiger partial charge on any atom is 0.0600 e. The van der Waals surface area contributed by atoms with Gasteiger partial charge in [0.2, 0.25) is 0 Å². The van der Waals surface area contributed by atoms with E-state index in [4.69, 9.17) is 4.74 Å². The lowest BCUT2D eigenvalue weighted by Gasteiger charge is -2.40. The van der Waals surface area contributed by atoms with Gasteiger partial charge in [0.05, 0.1) is 12.2 Å². The van der Waals surface area contributed by atoms with Crippen LogP contribution in [0, 0.1) is 0 Å². The molecule has 3 nitrogen and oxygen atoms in total. The van der Waals surface area contributed by atoms with Gasteiger partial charge in [0.1, 0.15) is 0 Å². The number of hydrogen-bond donors (Lipinski definition) is 1. The molecule has 0 spiro atoms. The Balaban J connectivity index is 2.37. The molecule has 0 saturated carbocycles. The minimum absolute atomic E-state index is 0.0153. The first-order valence-electron chi connectivity index (χ1n) is 7.57. The summed E-state index contributed by atoms with van der Waals surface area (Å²) in [6.07, 6.45) is 3.77. The molecular formula is C15H32N2O. The number of hydrogen-bond acceptors (Lipinski definition) is 3. The zero-order chi connectivity index (χ0) is 13.6. The predicted octanol–water partition coefficient (Wildman–Crippen LogP) is 2.65. The van der Waals surface area contributed by atoms with Gasteiger partial charge in [-0.1, -0.05) is 20.3 Å². The van der Waals surface area contributed by atoms with E-state index in [2.05, 4.69) is 44.8 Å². The second kappa shape index (κ2) is 7.46. The average molecular weight is 256 g/mol. The van der Waals surface area contributed by atoms with Crippen LogP contribution < -0.4 is 5.32 Å². The number of rotatable bonds is 6. The third kappa shape index (κ3) is 5.68. The van der Waals surface area contributed by atoms with Crippen molar-refractivity contribution >= 4 is 0 Å². The van der Waals surface area contributed by atoms with E-state index in [-0.39, 0.29) is 5.60 Å².